The topological polar surface area (TPSA) is 84.2 Å². The van der Waals surface area contributed by atoms with E-state index < -0.39 is 0 Å². The third-order valence-corrected chi connectivity index (χ3v) is 7.99. The Kier molecular flexibility index (Phi) is 5.12. The minimum atomic E-state index is -0.343. The van der Waals surface area contributed by atoms with Crippen LogP contribution in [0.25, 0.3) is 0 Å². The van der Waals surface area contributed by atoms with Crippen LogP contribution in [0.3, 0.4) is 0 Å². The van der Waals surface area contributed by atoms with Crippen LogP contribution in [0.5, 0.6) is 0 Å². The van der Waals surface area contributed by atoms with Crippen molar-refractivity contribution in [1.29, 1.82) is 0 Å². The summed E-state index contributed by atoms with van der Waals surface area (Å²) >= 11 is 1.34. The molecular formula is C19H29N3O3S. The molecule has 2 N–H and O–H groups in total. The van der Waals surface area contributed by atoms with E-state index in [0.717, 1.165) is 6.42 Å². The third kappa shape index (κ3) is 3.38. The van der Waals surface area contributed by atoms with E-state index in [2.05, 4.69) is 36.6 Å². The van der Waals surface area contributed by atoms with Crippen molar-refractivity contribution >= 4 is 29.4 Å². The van der Waals surface area contributed by atoms with E-state index >= 15 is 0 Å². The lowest BCUT2D eigenvalue weighted by atomic mass is 9.69. The molecule has 0 radical (unpaired) electrons. The Morgan fingerprint density at radius 1 is 1.42 bits per heavy atom. The normalized spacial score (nSPS) is 30.2. The summed E-state index contributed by atoms with van der Waals surface area (Å²) in [6, 6.07) is 1.91. The van der Waals surface area contributed by atoms with Gasteiger partial charge in [-0.15, -0.1) is 11.8 Å². The van der Waals surface area contributed by atoms with Crippen molar-refractivity contribution in [3.05, 3.63) is 11.8 Å². The van der Waals surface area contributed by atoms with Gasteiger partial charge in [0.15, 0.2) is 5.82 Å². The van der Waals surface area contributed by atoms with E-state index in [1.807, 2.05) is 0 Å². The lowest BCUT2D eigenvalue weighted by Gasteiger charge is -2.39. The minimum Gasteiger partial charge on any atom is -0.360 e. The number of amides is 2. The molecule has 3 rings (SSSR count). The van der Waals surface area contributed by atoms with Crippen LogP contribution in [0.4, 0.5) is 5.82 Å². The first-order valence-corrected chi connectivity index (χ1v) is 10.3. The van der Waals surface area contributed by atoms with Crippen molar-refractivity contribution in [3.8, 4) is 0 Å². The van der Waals surface area contributed by atoms with Crippen LogP contribution in [-0.2, 0) is 9.59 Å². The molecule has 144 valence electrons. The Balaban J connectivity index is 1.46. The van der Waals surface area contributed by atoms with E-state index in [9.17, 15) is 9.59 Å². The summed E-state index contributed by atoms with van der Waals surface area (Å²) in [5.74, 6) is 1.86. The van der Waals surface area contributed by atoms with Gasteiger partial charge in [0.05, 0.1) is 11.0 Å². The number of rotatable bonds is 6. The van der Waals surface area contributed by atoms with E-state index in [1.54, 1.807) is 19.9 Å². The first kappa shape index (κ1) is 19.3. The number of aromatic nitrogens is 1. The van der Waals surface area contributed by atoms with Crippen LogP contribution in [0.15, 0.2) is 10.6 Å². The van der Waals surface area contributed by atoms with Gasteiger partial charge in [-0.3, -0.25) is 9.59 Å². The molecule has 2 fully saturated rings. The Hall–Kier alpha value is -1.50. The summed E-state index contributed by atoms with van der Waals surface area (Å²) in [5, 5.41) is 9.34. The number of hydrogen-bond donors (Lipinski definition) is 2. The van der Waals surface area contributed by atoms with Crippen molar-refractivity contribution < 1.29 is 14.1 Å². The molecule has 2 amide bonds. The molecule has 2 bridgehead atoms. The zero-order valence-corrected chi connectivity index (χ0v) is 17.0. The van der Waals surface area contributed by atoms with Gasteiger partial charge in [0, 0.05) is 12.1 Å². The van der Waals surface area contributed by atoms with Gasteiger partial charge < -0.3 is 15.2 Å². The molecule has 2 saturated carbocycles. The van der Waals surface area contributed by atoms with Gasteiger partial charge in [-0.2, -0.15) is 0 Å². The van der Waals surface area contributed by atoms with E-state index in [1.165, 1.54) is 24.6 Å². The highest BCUT2D eigenvalue weighted by Gasteiger charge is 2.61. The highest BCUT2D eigenvalue weighted by Crippen LogP contribution is 2.65. The van der Waals surface area contributed by atoms with Crippen molar-refractivity contribution in [3.63, 3.8) is 0 Å². The molecule has 7 heteroatoms. The maximum atomic E-state index is 12.4. The summed E-state index contributed by atoms with van der Waals surface area (Å²) in [5.41, 5.74) is 0.451. The Morgan fingerprint density at radius 3 is 2.69 bits per heavy atom. The molecule has 6 nitrogen and oxygen atoms in total. The molecule has 2 aliphatic rings. The van der Waals surface area contributed by atoms with Crippen LogP contribution in [-0.4, -0.2) is 34.0 Å². The van der Waals surface area contributed by atoms with Crippen LogP contribution in [0.2, 0.25) is 0 Å². The molecule has 1 heterocycles. The van der Waals surface area contributed by atoms with Crippen LogP contribution in [0, 0.1) is 23.7 Å². The van der Waals surface area contributed by atoms with Crippen molar-refractivity contribution in [2.45, 2.75) is 65.2 Å². The lowest BCUT2D eigenvalue weighted by molar-refractivity contribution is -0.120. The molecule has 2 aliphatic carbocycles. The van der Waals surface area contributed by atoms with E-state index in [-0.39, 0.29) is 39.7 Å². The predicted molar refractivity (Wildman–Crippen MR) is 103 cm³/mol. The second kappa shape index (κ2) is 6.91. The molecule has 0 spiro atoms. The number of nitrogens with one attached hydrogen (secondary N) is 2. The SMILES string of the molecule is Cc1cc(NC(=O)[C@H](C)SCC(=O)N[C@H]2C[C@@H]3CC[C@]2(C)C3(C)C)no1. The predicted octanol–water partition coefficient (Wildman–Crippen LogP) is 3.37. The largest absolute Gasteiger partial charge is 0.360 e. The summed E-state index contributed by atoms with van der Waals surface area (Å²) < 4.78 is 4.93. The molecule has 0 unspecified atom stereocenters. The Morgan fingerprint density at radius 2 is 2.15 bits per heavy atom. The summed E-state index contributed by atoms with van der Waals surface area (Å²) in [4.78, 5) is 24.6. The zero-order valence-electron chi connectivity index (χ0n) is 16.2. The fourth-order valence-corrected chi connectivity index (χ4v) is 5.28. The summed E-state index contributed by atoms with van der Waals surface area (Å²) in [6.45, 7) is 10.5. The van der Waals surface area contributed by atoms with Crippen LogP contribution in [0.1, 0.15) is 52.7 Å². The van der Waals surface area contributed by atoms with E-state index in [4.69, 9.17) is 4.52 Å². The van der Waals surface area contributed by atoms with Gasteiger partial charge in [0.1, 0.15) is 5.76 Å². The molecule has 26 heavy (non-hydrogen) atoms. The third-order valence-electron chi connectivity index (χ3n) is 6.84. The average molecular weight is 380 g/mol. The standard InChI is InChI=1S/C19H29N3O3S/c1-11-8-15(22-25-11)21-17(24)12(2)26-10-16(23)20-14-9-13-6-7-19(14,5)18(13,3)4/h8,12-14H,6-7,9-10H2,1-5H3,(H,20,23)(H,21,22,24)/t12-,13-,14-,19-/m0/s1. The average Bonchev–Trinajstić information content (AvgIpc) is 3.13. The van der Waals surface area contributed by atoms with Crippen molar-refractivity contribution in [1.82, 2.24) is 10.5 Å². The molecule has 4 atom stereocenters. The highest BCUT2D eigenvalue weighted by atomic mass is 32.2. The monoisotopic (exact) mass is 379 g/mol. The highest BCUT2D eigenvalue weighted by molar-refractivity contribution is 8.01. The molecule has 0 saturated heterocycles. The van der Waals surface area contributed by atoms with Crippen molar-refractivity contribution in [2.24, 2.45) is 16.7 Å². The smallest absolute Gasteiger partial charge is 0.238 e. The fourth-order valence-electron chi connectivity index (χ4n) is 4.59. The number of hydrogen-bond acceptors (Lipinski definition) is 5. The van der Waals surface area contributed by atoms with Gasteiger partial charge >= 0.3 is 0 Å². The lowest BCUT2D eigenvalue weighted by Crippen LogP contribution is -2.47. The van der Waals surface area contributed by atoms with Crippen LogP contribution >= 0.6 is 11.8 Å². The maximum Gasteiger partial charge on any atom is 0.238 e. The number of aryl methyl sites for hydroxylation is 1. The Labute approximate surface area is 159 Å². The van der Waals surface area contributed by atoms with E-state index in [0.29, 0.717) is 17.5 Å². The number of fused-ring (bicyclic) bond motifs is 2. The fraction of sp³-hybridized carbons (Fsp3) is 0.737. The number of carbonyl (C=O) groups is 2. The first-order valence-electron chi connectivity index (χ1n) is 9.28. The van der Waals surface area contributed by atoms with Gasteiger partial charge in [0.2, 0.25) is 11.8 Å². The number of thioether (sulfide) groups is 1. The number of nitrogens with zero attached hydrogens (tertiary/aromatic N) is 1. The Bertz CT molecular complexity index is 702. The van der Waals surface area contributed by atoms with Gasteiger partial charge in [-0.05, 0) is 49.9 Å². The first-order chi connectivity index (χ1) is 12.1. The van der Waals surface area contributed by atoms with Gasteiger partial charge in [0.25, 0.3) is 0 Å². The van der Waals surface area contributed by atoms with Gasteiger partial charge in [-0.1, -0.05) is 25.9 Å². The zero-order chi connectivity index (χ0) is 19.1. The minimum absolute atomic E-state index is 0.0153. The second-order valence-electron chi connectivity index (χ2n) is 8.50. The molecule has 0 aliphatic heterocycles. The number of anilines is 1. The van der Waals surface area contributed by atoms with Gasteiger partial charge in [-0.25, -0.2) is 0 Å². The molecule has 1 aromatic rings. The van der Waals surface area contributed by atoms with Crippen molar-refractivity contribution in [2.75, 3.05) is 11.1 Å². The van der Waals surface area contributed by atoms with Crippen LogP contribution < -0.4 is 10.6 Å². The molecule has 1 aromatic heterocycles. The molecular weight excluding hydrogens is 350 g/mol. The summed E-state index contributed by atoms with van der Waals surface area (Å²) in [7, 11) is 0. The summed E-state index contributed by atoms with van der Waals surface area (Å²) in [6.07, 6.45) is 3.52. The molecule has 0 aromatic carbocycles. The maximum absolute atomic E-state index is 12.4. The number of carbonyl (C=O) groups excluding carboxylic acids is 2. The second-order valence-corrected chi connectivity index (χ2v) is 9.82. The quantitative estimate of drug-likeness (QED) is 0.792.